The highest BCUT2D eigenvalue weighted by molar-refractivity contribution is 8.15. The number of para-hydroxylation sites is 1. The number of imide groups is 1. The number of carbonyl (C=O) groups excluding carboxylic acids is 2. The Bertz CT molecular complexity index is 532. The molecule has 0 unspecified atom stereocenters. The first-order valence-corrected chi connectivity index (χ1v) is 5.95. The number of benzene rings is 1. The molecule has 2 N–H and O–H groups in total. The third kappa shape index (κ3) is 2.17. The predicted molar refractivity (Wildman–Crippen MR) is 66.6 cm³/mol. The van der Waals surface area contributed by atoms with E-state index >= 15 is 0 Å². The number of aromatic carboxylic acids is 1. The summed E-state index contributed by atoms with van der Waals surface area (Å²) in [7, 11) is 1.39. The van der Waals surface area contributed by atoms with Gasteiger partial charge in [0.25, 0.3) is 11.1 Å². The second kappa shape index (κ2) is 4.69. The number of nitrogens with zero attached hydrogens (tertiary/aromatic N) is 1. The summed E-state index contributed by atoms with van der Waals surface area (Å²) in [4.78, 5) is 35.0. The van der Waals surface area contributed by atoms with Crippen LogP contribution in [0.1, 0.15) is 10.4 Å². The quantitative estimate of drug-likeness (QED) is 0.861. The Kier molecular flexibility index (Phi) is 3.24. The molecular weight excluding hydrogens is 256 g/mol. The zero-order valence-corrected chi connectivity index (χ0v) is 10.2. The average Bonchev–Trinajstić information content (AvgIpc) is 2.57. The molecular formula is C11H10N2O4S. The number of hydrogen-bond donors (Lipinski definition) is 2. The average molecular weight is 266 g/mol. The number of amides is 2. The molecule has 2 amide bonds. The van der Waals surface area contributed by atoms with E-state index in [1.165, 1.54) is 13.1 Å². The van der Waals surface area contributed by atoms with Gasteiger partial charge in [-0.15, -0.1) is 0 Å². The maximum absolute atomic E-state index is 11.7. The number of hydrogen-bond acceptors (Lipinski definition) is 5. The van der Waals surface area contributed by atoms with Gasteiger partial charge in [-0.3, -0.25) is 14.5 Å². The number of carbonyl (C=O) groups is 3. The van der Waals surface area contributed by atoms with E-state index in [4.69, 9.17) is 5.11 Å². The zero-order valence-electron chi connectivity index (χ0n) is 9.41. The van der Waals surface area contributed by atoms with Crippen molar-refractivity contribution in [2.24, 2.45) is 0 Å². The van der Waals surface area contributed by atoms with Gasteiger partial charge < -0.3 is 10.4 Å². The van der Waals surface area contributed by atoms with Crippen LogP contribution in [0.3, 0.4) is 0 Å². The van der Waals surface area contributed by atoms with Crippen molar-refractivity contribution in [3.63, 3.8) is 0 Å². The summed E-state index contributed by atoms with van der Waals surface area (Å²) in [6.45, 7) is 0. The molecule has 1 fully saturated rings. The van der Waals surface area contributed by atoms with Crippen LogP contribution < -0.4 is 5.32 Å². The monoisotopic (exact) mass is 266 g/mol. The number of nitrogens with one attached hydrogen (secondary N) is 1. The molecule has 1 aliphatic heterocycles. The van der Waals surface area contributed by atoms with Gasteiger partial charge in [0.1, 0.15) is 0 Å². The summed E-state index contributed by atoms with van der Waals surface area (Å²) in [5.74, 6) is -1.47. The number of anilines is 1. The smallest absolute Gasteiger partial charge is 0.337 e. The summed E-state index contributed by atoms with van der Waals surface area (Å²) in [6.07, 6.45) is 0. The van der Waals surface area contributed by atoms with Crippen molar-refractivity contribution in [1.82, 2.24) is 4.90 Å². The van der Waals surface area contributed by atoms with Crippen molar-refractivity contribution in [2.45, 2.75) is 5.37 Å². The van der Waals surface area contributed by atoms with Gasteiger partial charge in [-0.25, -0.2) is 4.79 Å². The fraction of sp³-hybridized carbons (Fsp3) is 0.182. The topological polar surface area (TPSA) is 86.7 Å². The molecule has 0 aliphatic carbocycles. The van der Waals surface area contributed by atoms with Crippen LogP contribution in [0.25, 0.3) is 0 Å². The molecule has 6 nitrogen and oxygen atoms in total. The maximum Gasteiger partial charge on any atom is 0.337 e. The van der Waals surface area contributed by atoms with Crippen LogP contribution >= 0.6 is 11.8 Å². The van der Waals surface area contributed by atoms with Crippen molar-refractivity contribution < 1.29 is 19.5 Å². The molecule has 1 heterocycles. The summed E-state index contributed by atoms with van der Waals surface area (Å²) in [5.41, 5.74) is 0.381. The summed E-state index contributed by atoms with van der Waals surface area (Å²) < 4.78 is 0. The molecule has 0 aromatic heterocycles. The normalized spacial score (nSPS) is 19.2. The molecule has 0 saturated carbocycles. The van der Waals surface area contributed by atoms with Gasteiger partial charge in [0, 0.05) is 12.7 Å². The van der Waals surface area contributed by atoms with Crippen LogP contribution in [0.15, 0.2) is 24.3 Å². The molecule has 1 aromatic carbocycles. The SMILES string of the molecule is CN1C(=O)S[C@@H](Nc2ccccc2C(=O)O)C1=O. The Morgan fingerprint density at radius 2 is 2.06 bits per heavy atom. The van der Waals surface area contributed by atoms with E-state index in [0.29, 0.717) is 5.69 Å². The van der Waals surface area contributed by atoms with E-state index in [1.54, 1.807) is 18.2 Å². The molecule has 0 radical (unpaired) electrons. The van der Waals surface area contributed by atoms with Gasteiger partial charge in [0.15, 0.2) is 5.37 Å². The molecule has 1 aromatic rings. The number of likely N-dealkylation sites (N-methyl/N-ethyl adjacent to an activating group) is 1. The molecule has 7 heteroatoms. The van der Waals surface area contributed by atoms with E-state index in [1.807, 2.05) is 0 Å². The Morgan fingerprint density at radius 3 is 2.61 bits per heavy atom. The first-order valence-electron chi connectivity index (χ1n) is 5.07. The van der Waals surface area contributed by atoms with Crippen LogP contribution in [0.5, 0.6) is 0 Å². The van der Waals surface area contributed by atoms with Gasteiger partial charge in [-0.05, 0) is 23.9 Å². The first kappa shape index (κ1) is 12.4. The second-order valence-electron chi connectivity index (χ2n) is 3.66. The zero-order chi connectivity index (χ0) is 13.3. The molecule has 2 rings (SSSR count). The van der Waals surface area contributed by atoms with E-state index in [2.05, 4.69) is 5.32 Å². The van der Waals surface area contributed by atoms with Gasteiger partial charge >= 0.3 is 5.97 Å². The minimum absolute atomic E-state index is 0.0629. The second-order valence-corrected chi connectivity index (χ2v) is 4.71. The summed E-state index contributed by atoms with van der Waals surface area (Å²) in [5, 5.41) is 10.6. The number of rotatable bonds is 3. The first-order chi connectivity index (χ1) is 8.50. The van der Waals surface area contributed by atoms with Gasteiger partial charge in [-0.2, -0.15) is 0 Å². The Labute approximate surface area is 107 Å². The van der Waals surface area contributed by atoms with Gasteiger partial charge in [0.2, 0.25) is 0 Å². The van der Waals surface area contributed by atoms with Crippen LogP contribution in [0.2, 0.25) is 0 Å². The molecule has 1 saturated heterocycles. The van der Waals surface area contributed by atoms with Crippen LogP contribution in [0.4, 0.5) is 10.5 Å². The predicted octanol–water partition coefficient (Wildman–Crippen LogP) is 1.45. The van der Waals surface area contributed by atoms with Crippen molar-refractivity contribution in [3.05, 3.63) is 29.8 Å². The lowest BCUT2D eigenvalue weighted by Crippen LogP contribution is -2.31. The Balaban J connectivity index is 2.23. The highest BCUT2D eigenvalue weighted by atomic mass is 32.2. The van der Waals surface area contributed by atoms with Crippen molar-refractivity contribution in [2.75, 3.05) is 12.4 Å². The van der Waals surface area contributed by atoms with Gasteiger partial charge in [0.05, 0.1) is 5.56 Å². The molecule has 0 spiro atoms. The van der Waals surface area contributed by atoms with Gasteiger partial charge in [-0.1, -0.05) is 12.1 Å². The molecule has 1 atom stereocenters. The largest absolute Gasteiger partial charge is 0.478 e. The highest BCUT2D eigenvalue weighted by Gasteiger charge is 2.37. The Morgan fingerprint density at radius 1 is 1.39 bits per heavy atom. The van der Waals surface area contributed by atoms with Crippen LogP contribution in [-0.4, -0.2) is 39.5 Å². The molecule has 1 aliphatic rings. The fourth-order valence-electron chi connectivity index (χ4n) is 1.52. The van der Waals surface area contributed by atoms with E-state index in [-0.39, 0.29) is 16.7 Å². The lowest BCUT2D eigenvalue weighted by Gasteiger charge is -2.13. The van der Waals surface area contributed by atoms with E-state index < -0.39 is 11.3 Å². The third-order valence-corrected chi connectivity index (χ3v) is 3.52. The molecule has 0 bridgehead atoms. The van der Waals surface area contributed by atoms with Crippen molar-refractivity contribution in [1.29, 1.82) is 0 Å². The molecule has 94 valence electrons. The maximum atomic E-state index is 11.7. The van der Waals surface area contributed by atoms with Crippen molar-refractivity contribution >= 4 is 34.6 Å². The van der Waals surface area contributed by atoms with E-state index in [0.717, 1.165) is 16.7 Å². The third-order valence-electron chi connectivity index (χ3n) is 2.49. The Hall–Kier alpha value is -2.02. The molecule has 18 heavy (non-hydrogen) atoms. The highest BCUT2D eigenvalue weighted by Crippen LogP contribution is 2.28. The minimum atomic E-state index is -1.09. The lowest BCUT2D eigenvalue weighted by atomic mass is 10.2. The number of carboxylic acid groups (broad SMARTS) is 1. The lowest BCUT2D eigenvalue weighted by molar-refractivity contribution is -0.125. The van der Waals surface area contributed by atoms with Crippen LogP contribution in [0, 0.1) is 0 Å². The van der Waals surface area contributed by atoms with E-state index in [9.17, 15) is 14.4 Å². The number of thioether (sulfide) groups is 1. The summed E-state index contributed by atoms with van der Waals surface area (Å²) >= 11 is 0.830. The minimum Gasteiger partial charge on any atom is -0.478 e. The van der Waals surface area contributed by atoms with Crippen LogP contribution in [-0.2, 0) is 4.79 Å². The van der Waals surface area contributed by atoms with Crippen molar-refractivity contribution in [3.8, 4) is 0 Å². The fourth-order valence-corrected chi connectivity index (χ4v) is 2.42. The number of carboxylic acids is 1. The summed E-state index contributed by atoms with van der Waals surface area (Å²) in [6, 6.07) is 6.24. The standard InChI is InChI=1S/C11H10N2O4S/c1-13-9(14)8(18-11(13)17)12-7-5-3-2-4-6(7)10(15)16/h2-5,8,12H,1H3,(H,15,16)/t8-/m1/s1.